The Bertz CT molecular complexity index is 882. The molecule has 0 spiro atoms. The van der Waals surface area contributed by atoms with Crippen LogP contribution in [0.3, 0.4) is 0 Å². The third-order valence-corrected chi connectivity index (χ3v) is 7.59. The first-order valence-electron chi connectivity index (χ1n) is 10.9. The van der Waals surface area contributed by atoms with Crippen molar-refractivity contribution in [1.82, 2.24) is 14.8 Å². The number of morpholine rings is 1. The molecule has 8 heteroatoms. The van der Waals surface area contributed by atoms with E-state index in [9.17, 15) is 9.59 Å². The molecule has 30 heavy (non-hydrogen) atoms. The Balaban J connectivity index is 1.36. The molecule has 162 valence electrons. The number of aromatic nitrogens is 1. The van der Waals surface area contributed by atoms with Crippen LogP contribution < -0.4 is 10.2 Å². The molecule has 2 amide bonds. The summed E-state index contributed by atoms with van der Waals surface area (Å²) in [6.45, 7) is 11.1. The summed E-state index contributed by atoms with van der Waals surface area (Å²) in [6, 6.07) is 1.80. The van der Waals surface area contributed by atoms with Crippen LogP contribution in [0.1, 0.15) is 30.6 Å². The van der Waals surface area contributed by atoms with Crippen LogP contribution in [0.25, 0.3) is 0 Å². The van der Waals surface area contributed by atoms with Gasteiger partial charge in [-0.3, -0.25) is 14.5 Å². The fourth-order valence-electron chi connectivity index (χ4n) is 6.26. The maximum Gasteiger partial charge on any atom is 0.255 e. The van der Waals surface area contributed by atoms with E-state index in [0.29, 0.717) is 23.0 Å². The Hall–Kier alpha value is -2.19. The minimum atomic E-state index is -0.0284. The number of hydrogen-bond donors (Lipinski definition) is 1. The second-order valence-electron chi connectivity index (χ2n) is 10.1. The van der Waals surface area contributed by atoms with Gasteiger partial charge < -0.3 is 19.9 Å². The first-order valence-corrected chi connectivity index (χ1v) is 10.9. The van der Waals surface area contributed by atoms with E-state index in [1.165, 1.54) is 0 Å². The monoisotopic (exact) mass is 413 g/mol. The minimum absolute atomic E-state index is 0.0169. The molecule has 3 aliphatic heterocycles. The number of likely N-dealkylation sites (tertiary alicyclic amines) is 1. The van der Waals surface area contributed by atoms with Gasteiger partial charge in [-0.05, 0) is 23.8 Å². The predicted octanol–water partition coefficient (Wildman–Crippen LogP) is 1.29. The van der Waals surface area contributed by atoms with Crippen LogP contribution in [-0.2, 0) is 9.53 Å². The number of amides is 2. The number of fused-ring (bicyclic) bond motifs is 2. The number of anilines is 2. The van der Waals surface area contributed by atoms with Crippen molar-refractivity contribution in [3.8, 4) is 0 Å². The lowest BCUT2D eigenvalue weighted by molar-refractivity contribution is -0.116. The fraction of sp³-hybridized carbons (Fsp3) is 0.682. The fourth-order valence-corrected chi connectivity index (χ4v) is 6.26. The van der Waals surface area contributed by atoms with Crippen LogP contribution >= 0.6 is 0 Å². The Morgan fingerprint density at radius 1 is 1.33 bits per heavy atom. The van der Waals surface area contributed by atoms with Crippen LogP contribution in [0.5, 0.6) is 0 Å². The van der Waals surface area contributed by atoms with Gasteiger partial charge in [-0.15, -0.1) is 0 Å². The molecule has 4 aliphatic rings. The van der Waals surface area contributed by atoms with Crippen LogP contribution in [0, 0.1) is 16.7 Å². The molecule has 1 saturated carbocycles. The summed E-state index contributed by atoms with van der Waals surface area (Å²) in [5.41, 5.74) is 1.65. The number of ether oxygens (including phenoxy) is 1. The van der Waals surface area contributed by atoms with Gasteiger partial charge in [0, 0.05) is 51.4 Å². The van der Waals surface area contributed by atoms with E-state index in [2.05, 4.69) is 29.0 Å². The number of carbonyl (C=O) groups excluding carboxylic acids is 2. The molecule has 0 unspecified atom stereocenters. The summed E-state index contributed by atoms with van der Waals surface area (Å²) < 4.78 is 5.52. The zero-order valence-corrected chi connectivity index (χ0v) is 18.1. The smallest absolute Gasteiger partial charge is 0.255 e. The average molecular weight is 414 g/mol. The molecule has 1 aromatic heterocycles. The third-order valence-electron chi connectivity index (χ3n) is 7.59. The first kappa shape index (κ1) is 19.8. The van der Waals surface area contributed by atoms with Gasteiger partial charge in [0.1, 0.15) is 5.82 Å². The average Bonchev–Trinajstić information content (AvgIpc) is 3.05. The van der Waals surface area contributed by atoms with Crippen molar-refractivity contribution in [2.75, 3.05) is 69.7 Å². The van der Waals surface area contributed by atoms with E-state index < -0.39 is 0 Å². The van der Waals surface area contributed by atoms with Crippen molar-refractivity contribution in [2.24, 2.45) is 16.7 Å². The maximum atomic E-state index is 13.4. The van der Waals surface area contributed by atoms with E-state index in [1.807, 2.05) is 4.90 Å². The molecule has 2 atom stereocenters. The van der Waals surface area contributed by atoms with Crippen LogP contribution in [0.2, 0.25) is 0 Å². The van der Waals surface area contributed by atoms with Gasteiger partial charge in [-0.2, -0.15) is 0 Å². The summed E-state index contributed by atoms with van der Waals surface area (Å²) in [6.07, 6.45) is 2.78. The zero-order valence-electron chi connectivity index (χ0n) is 18.1. The highest BCUT2D eigenvalue weighted by Crippen LogP contribution is 2.63. The molecular weight excluding hydrogens is 382 g/mol. The van der Waals surface area contributed by atoms with Crippen molar-refractivity contribution >= 4 is 23.3 Å². The predicted molar refractivity (Wildman–Crippen MR) is 114 cm³/mol. The van der Waals surface area contributed by atoms with E-state index >= 15 is 0 Å². The van der Waals surface area contributed by atoms with Crippen molar-refractivity contribution in [2.45, 2.75) is 20.3 Å². The number of nitrogens with one attached hydrogen (secondary N) is 1. The minimum Gasteiger partial charge on any atom is -0.379 e. The summed E-state index contributed by atoms with van der Waals surface area (Å²) in [5, 5.41) is 3.02. The molecule has 1 aliphatic carbocycles. The van der Waals surface area contributed by atoms with E-state index in [1.54, 1.807) is 24.2 Å². The molecule has 8 nitrogen and oxygen atoms in total. The molecular formula is C22H31N5O3. The molecule has 2 saturated heterocycles. The quantitative estimate of drug-likeness (QED) is 0.805. The Morgan fingerprint density at radius 3 is 2.83 bits per heavy atom. The standard InChI is InChI=1S/C22H31N5O3/c1-21(2)12-22(13-26-4-6-30-7-5-26)14-27(11-17(21)22)20(29)15-8-16-19(23-9-15)24-10-18(28)25(16)3/h8-9,17H,4-7,10-14H2,1-3H3,(H,23,24)/t17-,22+/m1/s1. The van der Waals surface area contributed by atoms with Gasteiger partial charge in [-0.25, -0.2) is 4.98 Å². The Morgan fingerprint density at radius 2 is 2.10 bits per heavy atom. The number of likely N-dealkylation sites (N-methyl/N-ethyl adjacent to an activating group) is 1. The lowest BCUT2D eigenvalue weighted by Crippen LogP contribution is -2.59. The largest absolute Gasteiger partial charge is 0.379 e. The molecule has 4 heterocycles. The first-order chi connectivity index (χ1) is 14.3. The summed E-state index contributed by atoms with van der Waals surface area (Å²) >= 11 is 0. The number of carbonyl (C=O) groups is 2. The zero-order chi connectivity index (χ0) is 21.1. The molecule has 1 N–H and O–H groups in total. The van der Waals surface area contributed by atoms with Gasteiger partial charge in [0.15, 0.2) is 0 Å². The van der Waals surface area contributed by atoms with Gasteiger partial charge in [-0.1, -0.05) is 13.8 Å². The van der Waals surface area contributed by atoms with E-state index in [0.717, 1.165) is 52.4 Å². The molecule has 5 rings (SSSR count). The molecule has 0 radical (unpaired) electrons. The summed E-state index contributed by atoms with van der Waals surface area (Å²) in [5.74, 6) is 1.15. The Labute approximate surface area is 177 Å². The normalized spacial score (nSPS) is 30.4. The maximum absolute atomic E-state index is 13.4. The summed E-state index contributed by atoms with van der Waals surface area (Å²) in [4.78, 5) is 35.9. The number of rotatable bonds is 3. The van der Waals surface area contributed by atoms with Gasteiger partial charge >= 0.3 is 0 Å². The molecule has 3 fully saturated rings. The second-order valence-corrected chi connectivity index (χ2v) is 10.1. The van der Waals surface area contributed by atoms with Gasteiger partial charge in [0.25, 0.3) is 5.91 Å². The third kappa shape index (κ3) is 3.08. The lowest BCUT2D eigenvalue weighted by atomic mass is 9.48. The number of nitrogens with zero attached hydrogens (tertiary/aromatic N) is 4. The molecule has 1 aromatic rings. The van der Waals surface area contributed by atoms with E-state index in [4.69, 9.17) is 4.74 Å². The Kier molecular flexibility index (Phi) is 4.56. The SMILES string of the molecule is CN1C(=O)CNc2ncc(C(=O)N3C[C@@H]4C(C)(C)C[C@]4(CN4CCOCC4)C3)cc21. The molecule has 0 aromatic carbocycles. The highest BCUT2D eigenvalue weighted by molar-refractivity contribution is 6.03. The molecule has 0 bridgehead atoms. The highest BCUT2D eigenvalue weighted by Gasteiger charge is 2.63. The van der Waals surface area contributed by atoms with E-state index in [-0.39, 0.29) is 29.2 Å². The van der Waals surface area contributed by atoms with Crippen LogP contribution in [0.4, 0.5) is 11.5 Å². The van der Waals surface area contributed by atoms with Crippen LogP contribution in [-0.4, -0.2) is 86.1 Å². The van der Waals surface area contributed by atoms with Gasteiger partial charge in [0.2, 0.25) is 5.91 Å². The van der Waals surface area contributed by atoms with Crippen molar-refractivity contribution in [1.29, 1.82) is 0 Å². The van der Waals surface area contributed by atoms with Crippen LogP contribution in [0.15, 0.2) is 12.3 Å². The summed E-state index contributed by atoms with van der Waals surface area (Å²) in [7, 11) is 1.73. The highest BCUT2D eigenvalue weighted by atomic mass is 16.5. The van der Waals surface area contributed by atoms with Crippen molar-refractivity contribution < 1.29 is 14.3 Å². The number of pyridine rings is 1. The lowest BCUT2D eigenvalue weighted by Gasteiger charge is -2.58. The second kappa shape index (κ2) is 6.92. The van der Waals surface area contributed by atoms with Crippen molar-refractivity contribution in [3.05, 3.63) is 17.8 Å². The van der Waals surface area contributed by atoms with Gasteiger partial charge in [0.05, 0.1) is 31.0 Å². The number of hydrogen-bond acceptors (Lipinski definition) is 6. The topological polar surface area (TPSA) is 78.0 Å². The van der Waals surface area contributed by atoms with Crippen molar-refractivity contribution in [3.63, 3.8) is 0 Å².